The van der Waals surface area contributed by atoms with E-state index in [-0.39, 0.29) is 0 Å². The molecule has 1 rings (SSSR count). The summed E-state index contributed by atoms with van der Waals surface area (Å²) in [7, 11) is 1.11. The van der Waals surface area contributed by atoms with E-state index in [4.69, 9.17) is 0 Å². The molecule has 1 unspecified atom stereocenters. The third kappa shape index (κ3) is 4.17. The highest BCUT2D eigenvalue weighted by Gasteiger charge is 2.27. The first-order valence-corrected chi connectivity index (χ1v) is 5.78. The first kappa shape index (κ1) is 16.9. The number of hydrogen-bond acceptors (Lipinski definition) is 4. The molecule has 0 fully saturated rings. The molecular formula is C11H13F4N3O3. The van der Waals surface area contributed by atoms with E-state index in [1.165, 1.54) is 6.92 Å². The summed E-state index contributed by atoms with van der Waals surface area (Å²) in [6, 6.07) is -0.745. The van der Waals surface area contributed by atoms with Crippen LogP contribution in [0.3, 0.4) is 0 Å². The molecule has 1 atom stereocenters. The van der Waals surface area contributed by atoms with Gasteiger partial charge in [-0.05, 0) is 13.0 Å². The Kier molecular flexibility index (Phi) is 5.68. The summed E-state index contributed by atoms with van der Waals surface area (Å²) in [5.41, 5.74) is -1.65. The molecule has 0 aliphatic carbocycles. The van der Waals surface area contributed by atoms with Crippen molar-refractivity contribution in [2.24, 2.45) is 0 Å². The van der Waals surface area contributed by atoms with Crippen molar-refractivity contribution in [3.8, 4) is 0 Å². The Morgan fingerprint density at radius 3 is 2.43 bits per heavy atom. The molecule has 118 valence electrons. The molecule has 1 N–H and O–H groups in total. The van der Waals surface area contributed by atoms with Gasteiger partial charge in [-0.2, -0.15) is 5.10 Å². The lowest BCUT2D eigenvalue weighted by Crippen LogP contribution is -2.36. The minimum Gasteiger partial charge on any atom is -0.468 e. The van der Waals surface area contributed by atoms with Crippen molar-refractivity contribution in [1.82, 2.24) is 15.1 Å². The molecule has 1 heterocycles. The van der Waals surface area contributed by atoms with Crippen LogP contribution in [0.4, 0.5) is 17.6 Å². The number of aromatic nitrogens is 2. The number of nitrogens with one attached hydrogen (secondary N) is 1. The molecule has 0 saturated carbocycles. The summed E-state index contributed by atoms with van der Waals surface area (Å²) in [5, 5.41) is 5.44. The molecule has 0 bridgehead atoms. The Bertz CT molecular complexity index is 519. The molecular weight excluding hydrogens is 298 g/mol. The number of rotatable bonds is 6. The Hall–Kier alpha value is -2.13. The Morgan fingerprint density at radius 2 is 1.95 bits per heavy atom. The van der Waals surface area contributed by atoms with Gasteiger partial charge in [0.05, 0.1) is 7.11 Å². The maximum absolute atomic E-state index is 12.8. The number of hydrogen-bond donors (Lipinski definition) is 1. The van der Waals surface area contributed by atoms with Gasteiger partial charge in [0, 0.05) is 0 Å². The average molecular weight is 311 g/mol. The van der Waals surface area contributed by atoms with Crippen LogP contribution in [0.1, 0.15) is 37.2 Å². The SMILES string of the molecule is COC(=O)CNC(=O)C(C)n1nc(C(F)F)cc1C(F)F. The van der Waals surface area contributed by atoms with Gasteiger partial charge in [-0.25, -0.2) is 17.6 Å². The third-order valence-corrected chi connectivity index (χ3v) is 2.61. The number of carbonyl (C=O) groups is 2. The average Bonchev–Trinajstić information content (AvgIpc) is 2.88. The molecule has 0 aliphatic heterocycles. The van der Waals surface area contributed by atoms with Crippen LogP contribution >= 0.6 is 0 Å². The van der Waals surface area contributed by atoms with E-state index in [2.05, 4.69) is 15.2 Å². The molecule has 0 saturated heterocycles. The zero-order valence-corrected chi connectivity index (χ0v) is 11.1. The normalized spacial score (nSPS) is 12.6. The fourth-order valence-electron chi connectivity index (χ4n) is 1.50. The van der Waals surface area contributed by atoms with Crippen molar-refractivity contribution in [3.63, 3.8) is 0 Å². The Labute approximate surface area is 117 Å². The van der Waals surface area contributed by atoms with Crippen LogP contribution in [-0.2, 0) is 14.3 Å². The molecule has 1 aromatic heterocycles. The molecule has 1 aromatic rings. The minimum absolute atomic E-state index is 0.466. The number of nitrogens with zero attached hydrogens (tertiary/aromatic N) is 2. The number of halogens is 4. The largest absolute Gasteiger partial charge is 0.468 e. The first-order chi connectivity index (χ1) is 9.77. The van der Waals surface area contributed by atoms with Gasteiger partial charge in [-0.3, -0.25) is 14.3 Å². The van der Waals surface area contributed by atoms with E-state index >= 15 is 0 Å². The monoisotopic (exact) mass is 311 g/mol. The van der Waals surface area contributed by atoms with Crippen molar-refractivity contribution in [2.75, 3.05) is 13.7 Å². The molecule has 10 heteroatoms. The summed E-state index contributed by atoms with van der Waals surface area (Å²) in [6.45, 7) is 0.730. The van der Waals surface area contributed by atoms with Crippen molar-refractivity contribution in [2.45, 2.75) is 25.8 Å². The predicted molar refractivity (Wildman–Crippen MR) is 61.9 cm³/mol. The van der Waals surface area contributed by atoms with Gasteiger partial charge in [-0.15, -0.1) is 0 Å². The Morgan fingerprint density at radius 1 is 1.33 bits per heavy atom. The fourth-order valence-corrected chi connectivity index (χ4v) is 1.50. The van der Waals surface area contributed by atoms with Crippen LogP contribution in [0.2, 0.25) is 0 Å². The summed E-state index contributed by atoms with van der Waals surface area (Å²) in [5.74, 6) is -1.57. The second-order valence-corrected chi connectivity index (χ2v) is 4.01. The van der Waals surface area contributed by atoms with E-state index in [1.807, 2.05) is 0 Å². The molecule has 0 radical (unpaired) electrons. The lowest BCUT2D eigenvalue weighted by atomic mass is 10.3. The van der Waals surface area contributed by atoms with Gasteiger partial charge in [-0.1, -0.05) is 0 Å². The van der Waals surface area contributed by atoms with Crippen molar-refractivity contribution in [1.29, 1.82) is 0 Å². The van der Waals surface area contributed by atoms with Gasteiger partial charge < -0.3 is 10.1 Å². The van der Waals surface area contributed by atoms with Gasteiger partial charge in [0.25, 0.3) is 12.9 Å². The highest BCUT2D eigenvalue weighted by atomic mass is 19.3. The molecule has 1 amide bonds. The maximum atomic E-state index is 12.8. The maximum Gasteiger partial charge on any atom is 0.325 e. The highest BCUT2D eigenvalue weighted by molar-refractivity contribution is 5.84. The standard InChI is InChI=1S/C11H13F4N3O3/c1-5(11(20)16-4-8(19)21-2)18-7(10(14)15)3-6(17-18)9(12)13/h3,5,9-10H,4H2,1-2H3,(H,16,20). The van der Waals surface area contributed by atoms with Crippen LogP contribution in [0, 0.1) is 0 Å². The van der Waals surface area contributed by atoms with E-state index in [0.29, 0.717) is 10.7 Å². The topological polar surface area (TPSA) is 73.2 Å². The predicted octanol–water partition coefficient (Wildman–Crippen LogP) is 1.61. The van der Waals surface area contributed by atoms with E-state index in [9.17, 15) is 27.2 Å². The summed E-state index contributed by atoms with van der Waals surface area (Å²) >= 11 is 0. The van der Waals surface area contributed by atoms with E-state index in [0.717, 1.165) is 7.11 Å². The Balaban J connectivity index is 2.92. The van der Waals surface area contributed by atoms with Crippen molar-refractivity contribution in [3.05, 3.63) is 17.5 Å². The molecule has 0 spiro atoms. The van der Waals surface area contributed by atoms with Gasteiger partial charge in [0.15, 0.2) is 0 Å². The molecule has 0 aliphatic rings. The quantitative estimate of drug-likeness (QED) is 0.640. The van der Waals surface area contributed by atoms with Crippen molar-refractivity contribution < 1.29 is 31.9 Å². The lowest BCUT2D eigenvalue weighted by molar-refractivity contribution is -0.141. The van der Waals surface area contributed by atoms with Crippen LogP contribution in [-0.4, -0.2) is 35.3 Å². The molecule has 0 aromatic carbocycles. The summed E-state index contributed by atoms with van der Waals surface area (Å²) in [4.78, 5) is 22.6. The summed E-state index contributed by atoms with van der Waals surface area (Å²) < 4.78 is 55.4. The second-order valence-electron chi connectivity index (χ2n) is 4.01. The zero-order chi connectivity index (χ0) is 16.2. The number of esters is 1. The third-order valence-electron chi connectivity index (χ3n) is 2.61. The molecule has 21 heavy (non-hydrogen) atoms. The lowest BCUT2D eigenvalue weighted by Gasteiger charge is -2.15. The van der Waals surface area contributed by atoms with Crippen LogP contribution in [0.25, 0.3) is 0 Å². The van der Waals surface area contributed by atoms with Crippen molar-refractivity contribution >= 4 is 11.9 Å². The van der Waals surface area contributed by atoms with E-state index < -0.39 is 48.7 Å². The second kappa shape index (κ2) is 7.04. The number of carbonyl (C=O) groups excluding carboxylic acids is 2. The zero-order valence-electron chi connectivity index (χ0n) is 11.1. The minimum atomic E-state index is -3.07. The highest BCUT2D eigenvalue weighted by Crippen LogP contribution is 2.27. The van der Waals surface area contributed by atoms with Gasteiger partial charge in [0.2, 0.25) is 5.91 Å². The first-order valence-electron chi connectivity index (χ1n) is 5.78. The number of alkyl halides is 4. The van der Waals surface area contributed by atoms with Gasteiger partial charge >= 0.3 is 5.97 Å². The van der Waals surface area contributed by atoms with Crippen LogP contribution in [0.15, 0.2) is 6.07 Å². The number of amides is 1. The number of ether oxygens (including phenoxy) is 1. The summed E-state index contributed by atoms with van der Waals surface area (Å²) in [6.07, 6.45) is -6.10. The fraction of sp³-hybridized carbons (Fsp3) is 0.545. The smallest absolute Gasteiger partial charge is 0.325 e. The van der Waals surface area contributed by atoms with Gasteiger partial charge in [0.1, 0.15) is 24.0 Å². The van der Waals surface area contributed by atoms with E-state index in [1.54, 1.807) is 0 Å². The number of methoxy groups -OCH3 is 1. The van der Waals surface area contributed by atoms with Crippen LogP contribution < -0.4 is 5.32 Å². The molecule has 6 nitrogen and oxygen atoms in total. The van der Waals surface area contributed by atoms with Crippen LogP contribution in [0.5, 0.6) is 0 Å².